The first-order valence-corrected chi connectivity index (χ1v) is 27.5. The van der Waals surface area contributed by atoms with Crippen LogP contribution in [0.2, 0.25) is 0 Å². The highest BCUT2D eigenvalue weighted by molar-refractivity contribution is 6.25. The fourth-order valence-electron chi connectivity index (χ4n) is 10.6. The maximum absolute atomic E-state index is 2.49. The fourth-order valence-corrected chi connectivity index (χ4v) is 10.6. The summed E-state index contributed by atoms with van der Waals surface area (Å²) in [4.78, 5) is 2.37. The highest BCUT2D eigenvalue weighted by atomic mass is 15.1. The van der Waals surface area contributed by atoms with Gasteiger partial charge >= 0.3 is 0 Å². The summed E-state index contributed by atoms with van der Waals surface area (Å²) >= 11 is 0. The molecule has 0 spiro atoms. The third kappa shape index (κ3) is 10.7. The highest BCUT2D eigenvalue weighted by Crippen LogP contribution is 2.44. The molecule has 0 fully saturated rings. The summed E-state index contributed by atoms with van der Waals surface area (Å²) in [5, 5.41) is 5.18. The van der Waals surface area contributed by atoms with E-state index in [9.17, 15) is 0 Å². The number of unbranched alkanes of at least 4 members (excludes halogenated alkanes) is 1. The minimum atomic E-state index is 1.10. The third-order valence-corrected chi connectivity index (χ3v) is 14.7. The zero-order chi connectivity index (χ0) is 53.3. The van der Waals surface area contributed by atoms with E-state index in [1.165, 1.54) is 123 Å². The van der Waals surface area contributed by atoms with Crippen molar-refractivity contribution in [3.05, 3.63) is 278 Å². The van der Waals surface area contributed by atoms with Crippen LogP contribution in [0.5, 0.6) is 0 Å². The first-order valence-electron chi connectivity index (χ1n) is 27.5. The van der Waals surface area contributed by atoms with Gasteiger partial charge in [-0.25, -0.2) is 0 Å². The second-order valence-corrected chi connectivity index (χ2v) is 19.7. The number of hydrogen-bond acceptors (Lipinski definition) is 1. The van der Waals surface area contributed by atoms with Crippen LogP contribution in [0.4, 0.5) is 17.1 Å². The molecular formula is C75H68N2. The Morgan fingerprint density at radius 2 is 0.714 bits per heavy atom. The van der Waals surface area contributed by atoms with Crippen molar-refractivity contribution in [2.75, 3.05) is 4.90 Å². The molecule has 2 heterocycles. The van der Waals surface area contributed by atoms with Gasteiger partial charge < -0.3 is 9.30 Å². The number of benzene rings is 11. The monoisotopic (exact) mass is 997 g/mol. The first-order chi connectivity index (χ1) is 37.9. The lowest BCUT2D eigenvalue weighted by Gasteiger charge is -2.26. The van der Waals surface area contributed by atoms with Gasteiger partial charge in [0, 0.05) is 44.2 Å². The molecule has 0 amide bonds. The quantitative estimate of drug-likeness (QED) is 0.140. The van der Waals surface area contributed by atoms with Gasteiger partial charge in [0.2, 0.25) is 0 Å². The van der Waals surface area contributed by atoms with E-state index >= 15 is 0 Å². The van der Waals surface area contributed by atoms with Crippen LogP contribution in [0.15, 0.2) is 261 Å². The lowest BCUT2D eigenvalue weighted by atomic mass is 9.91. The Morgan fingerprint density at radius 3 is 1.26 bits per heavy atom. The Kier molecular flexibility index (Phi) is 15.9. The van der Waals surface area contributed by atoms with Crippen LogP contribution in [-0.4, -0.2) is 4.40 Å². The summed E-state index contributed by atoms with van der Waals surface area (Å²) < 4.78 is 2.49. The van der Waals surface area contributed by atoms with Gasteiger partial charge in [-0.1, -0.05) is 258 Å². The summed E-state index contributed by atoms with van der Waals surface area (Å²) in [6, 6.07) is 94.6. The van der Waals surface area contributed by atoms with Gasteiger partial charge in [0.05, 0.1) is 16.6 Å². The number of nitrogens with zero attached hydrogens (tertiary/aromatic N) is 2. The zero-order valence-electron chi connectivity index (χ0n) is 45.6. The van der Waals surface area contributed by atoms with Crippen LogP contribution in [0, 0.1) is 20.8 Å². The smallest absolute Gasteiger partial charge is 0.0620 e. The van der Waals surface area contributed by atoms with Crippen LogP contribution in [0.25, 0.3) is 93.7 Å². The third-order valence-electron chi connectivity index (χ3n) is 14.7. The number of hydrogen-bond donors (Lipinski definition) is 0. The molecule has 0 saturated carbocycles. The number of rotatable bonds is 9. The number of para-hydroxylation sites is 3. The van der Waals surface area contributed by atoms with Crippen LogP contribution in [0.3, 0.4) is 0 Å². The summed E-state index contributed by atoms with van der Waals surface area (Å²) in [5.74, 6) is 0. The average Bonchev–Trinajstić information content (AvgIpc) is 4.10. The standard InChI is InChI=1S/C62H44N2.C7H8.C4H10.C2H6/c1-41-23-24-49(44-15-7-4-8-16-44)40-59(41)53-38-31-48(39-42(53)2)46-27-34-51(35-28-46)63(50-32-25-45(26-33-50)43-13-5-3-6-14-43)52-36-29-47(30-37-52)54-18-11-20-57-58-21-12-19-56-55-17-9-10-22-60(55)64(61(54)57)62(56)58;1-7-5-3-2-4-6-7;1-3-4-2;1-2/h3-40H,1-2H3;2-6H,1H3;3-4H2,1-2H3;1-2H3. The molecule has 0 aliphatic rings. The van der Waals surface area contributed by atoms with Crippen molar-refractivity contribution in [3.63, 3.8) is 0 Å². The second kappa shape index (κ2) is 23.7. The van der Waals surface area contributed by atoms with E-state index in [1.807, 2.05) is 32.0 Å². The molecule has 2 heteroatoms. The van der Waals surface area contributed by atoms with Gasteiger partial charge in [0.15, 0.2) is 0 Å². The Morgan fingerprint density at radius 1 is 0.299 bits per heavy atom. The van der Waals surface area contributed by atoms with Crippen molar-refractivity contribution in [3.8, 4) is 55.6 Å². The molecule has 11 aromatic carbocycles. The van der Waals surface area contributed by atoms with E-state index in [1.54, 1.807) is 0 Å². The molecule has 0 radical (unpaired) electrons. The fraction of sp³-hybridized carbons (Fsp3) is 0.120. The summed E-state index contributed by atoms with van der Waals surface area (Å²) in [6.45, 7) is 14.9. The Labute approximate surface area is 456 Å². The zero-order valence-corrected chi connectivity index (χ0v) is 45.6. The SMILES string of the molecule is CC.CCCC.Cc1cc(-c2ccc(N(c3ccc(-c4ccccc4)cc3)c3ccc(-c4cccc5c6cccc7c8ccccc8n(c45)c76)cc3)cc2)ccc1-c1cc(-c2ccccc2)ccc1C.Cc1ccccc1. The molecule has 13 aromatic rings. The van der Waals surface area contributed by atoms with Crippen molar-refractivity contribution in [1.82, 2.24) is 4.40 Å². The number of anilines is 3. The molecule has 0 saturated heterocycles. The van der Waals surface area contributed by atoms with E-state index < -0.39 is 0 Å². The van der Waals surface area contributed by atoms with Gasteiger partial charge in [-0.05, 0) is 131 Å². The van der Waals surface area contributed by atoms with Gasteiger partial charge in [-0.2, -0.15) is 0 Å². The predicted molar refractivity (Wildman–Crippen MR) is 336 cm³/mol. The van der Waals surface area contributed by atoms with E-state index in [0.717, 1.165) is 17.1 Å². The molecule has 77 heavy (non-hydrogen) atoms. The van der Waals surface area contributed by atoms with E-state index in [0.29, 0.717) is 0 Å². The summed E-state index contributed by atoms with van der Waals surface area (Å²) in [5.41, 5.74) is 23.2. The molecule has 0 bridgehead atoms. The minimum absolute atomic E-state index is 1.10. The lowest BCUT2D eigenvalue weighted by molar-refractivity contribution is 0.886. The van der Waals surface area contributed by atoms with Gasteiger partial charge in [0.1, 0.15) is 0 Å². The van der Waals surface area contributed by atoms with E-state index in [-0.39, 0.29) is 0 Å². The molecule has 378 valence electrons. The predicted octanol–water partition coefficient (Wildman–Crippen LogP) is 22.1. The van der Waals surface area contributed by atoms with Gasteiger partial charge in [-0.3, -0.25) is 0 Å². The molecule has 0 aliphatic carbocycles. The highest BCUT2D eigenvalue weighted by Gasteiger charge is 2.20. The van der Waals surface area contributed by atoms with Crippen molar-refractivity contribution in [1.29, 1.82) is 0 Å². The minimum Gasteiger partial charge on any atom is -0.311 e. The molecule has 0 unspecified atom stereocenters. The van der Waals surface area contributed by atoms with Crippen LogP contribution >= 0.6 is 0 Å². The largest absolute Gasteiger partial charge is 0.311 e. The topological polar surface area (TPSA) is 7.65 Å². The maximum atomic E-state index is 2.49. The first kappa shape index (κ1) is 51.5. The summed E-state index contributed by atoms with van der Waals surface area (Å²) in [7, 11) is 0. The molecular weight excluding hydrogens is 929 g/mol. The molecule has 2 nitrogen and oxygen atoms in total. The number of aromatic nitrogens is 1. The number of aryl methyl sites for hydroxylation is 3. The Hall–Kier alpha value is -8.98. The van der Waals surface area contributed by atoms with Crippen LogP contribution in [-0.2, 0) is 0 Å². The summed E-state index contributed by atoms with van der Waals surface area (Å²) in [6.07, 6.45) is 2.64. The van der Waals surface area contributed by atoms with Crippen LogP contribution in [0.1, 0.15) is 57.2 Å². The Bertz CT molecular complexity index is 4000. The molecule has 0 aliphatic heterocycles. The molecule has 13 rings (SSSR count). The lowest BCUT2D eigenvalue weighted by Crippen LogP contribution is -2.09. The van der Waals surface area contributed by atoms with Gasteiger partial charge in [0.25, 0.3) is 0 Å². The molecule has 2 aromatic heterocycles. The maximum Gasteiger partial charge on any atom is 0.0620 e. The molecule has 0 N–H and O–H groups in total. The Balaban J connectivity index is 0.000000463. The molecule has 0 atom stereocenters. The normalized spacial score (nSPS) is 10.9. The van der Waals surface area contributed by atoms with Crippen molar-refractivity contribution < 1.29 is 0 Å². The van der Waals surface area contributed by atoms with Crippen LogP contribution < -0.4 is 4.90 Å². The number of fused-ring (bicyclic) bond motifs is 6. The van der Waals surface area contributed by atoms with Crippen molar-refractivity contribution in [2.45, 2.75) is 61.3 Å². The van der Waals surface area contributed by atoms with Crippen molar-refractivity contribution in [2.24, 2.45) is 0 Å². The van der Waals surface area contributed by atoms with E-state index in [2.05, 4.69) is 287 Å². The van der Waals surface area contributed by atoms with E-state index in [4.69, 9.17) is 0 Å². The second-order valence-electron chi connectivity index (χ2n) is 19.7. The van der Waals surface area contributed by atoms with Gasteiger partial charge in [-0.15, -0.1) is 0 Å². The average molecular weight is 997 g/mol. The van der Waals surface area contributed by atoms with Crippen molar-refractivity contribution >= 4 is 55.2 Å².